The lowest BCUT2D eigenvalue weighted by molar-refractivity contribution is -0.274. The maximum Gasteiger partial charge on any atom is 0.573 e. The Balaban J connectivity index is 1.18. The number of nitrogens with zero attached hydrogens (tertiary/aromatic N) is 4. The Bertz CT molecular complexity index is 1380. The highest BCUT2D eigenvalue weighted by Gasteiger charge is 2.30. The van der Waals surface area contributed by atoms with E-state index < -0.39 is 12.3 Å². The average Bonchev–Trinajstić information content (AvgIpc) is 3.53. The summed E-state index contributed by atoms with van der Waals surface area (Å²) in [6.07, 6.45) is 5.01. The van der Waals surface area contributed by atoms with Crippen molar-refractivity contribution in [1.82, 2.24) is 20.0 Å². The van der Waals surface area contributed by atoms with Crippen LogP contribution in [0.1, 0.15) is 41.2 Å². The fourth-order valence-electron chi connectivity index (χ4n) is 3.69. The average molecular weight is 543 g/mol. The molecule has 0 aliphatic heterocycles. The highest BCUT2D eigenvalue weighted by atomic mass is 19.4. The molecule has 2 aromatic carbocycles. The molecule has 0 unspecified atom stereocenters. The van der Waals surface area contributed by atoms with Gasteiger partial charge < -0.3 is 19.0 Å². The summed E-state index contributed by atoms with van der Waals surface area (Å²) in [7, 11) is 0. The number of ether oxygens (including phenoxy) is 2. The zero-order valence-corrected chi connectivity index (χ0v) is 20.7. The maximum atomic E-state index is 12.3. The lowest BCUT2D eigenvalue weighted by atomic mass is 10.1. The highest BCUT2D eigenvalue weighted by molar-refractivity contribution is 5.66. The number of hydrogen-bond donors (Lipinski definition) is 1. The van der Waals surface area contributed by atoms with Crippen molar-refractivity contribution >= 4 is 18.1 Å². The number of unbranched alkanes of at least 4 members (excludes halogenated alkanes) is 1. The molecule has 4 aromatic rings. The quantitative estimate of drug-likeness (QED) is 0.219. The van der Waals surface area contributed by atoms with E-state index in [9.17, 15) is 18.0 Å². The van der Waals surface area contributed by atoms with E-state index in [1.165, 1.54) is 35.2 Å². The highest BCUT2D eigenvalue weighted by Crippen LogP contribution is 2.23. The van der Waals surface area contributed by atoms with Gasteiger partial charge in [0.2, 0.25) is 5.89 Å². The smallest absolute Gasteiger partial charge is 0.487 e. The minimum atomic E-state index is -4.73. The molecular formula is C27H25F3N4O5. The number of hydrogen-bond acceptors (Lipinski definition) is 7. The van der Waals surface area contributed by atoms with Crippen molar-refractivity contribution in [3.05, 3.63) is 89.4 Å². The van der Waals surface area contributed by atoms with Crippen molar-refractivity contribution in [3.8, 4) is 11.5 Å². The van der Waals surface area contributed by atoms with E-state index in [2.05, 4.69) is 20.0 Å². The summed E-state index contributed by atoms with van der Waals surface area (Å²) in [6.45, 7) is 0.0168. The van der Waals surface area contributed by atoms with Gasteiger partial charge in [0.1, 0.15) is 36.6 Å². The Labute approximate surface area is 221 Å². The van der Waals surface area contributed by atoms with Crippen LogP contribution in [-0.4, -0.2) is 37.4 Å². The minimum Gasteiger partial charge on any atom is -0.487 e. The van der Waals surface area contributed by atoms with Gasteiger partial charge in [-0.25, -0.2) is 9.67 Å². The molecule has 204 valence electrons. The summed E-state index contributed by atoms with van der Waals surface area (Å²) in [5.41, 5.74) is 3.21. The Morgan fingerprint density at radius 3 is 2.44 bits per heavy atom. The normalized spacial score (nSPS) is 11.7. The van der Waals surface area contributed by atoms with Crippen LogP contribution in [0.25, 0.3) is 12.2 Å². The largest absolute Gasteiger partial charge is 0.573 e. The van der Waals surface area contributed by atoms with Crippen molar-refractivity contribution in [1.29, 1.82) is 0 Å². The van der Waals surface area contributed by atoms with Gasteiger partial charge in [0.15, 0.2) is 0 Å². The molecule has 0 atom stereocenters. The third kappa shape index (κ3) is 9.02. The first-order valence-electron chi connectivity index (χ1n) is 12.0. The standard InChI is InChI=1S/C27H25F3N4O5/c28-27(29,30)39-24-12-7-20(8-13-24)9-14-25-32-21(18-38-25)17-37-23-10-5-19(6-11-23)3-1-2-4-22-15-31-33-34(22)16-26(35)36/h5-15,18H,1-4,16-17H2,(H,35,36). The first-order valence-corrected chi connectivity index (χ1v) is 12.0. The van der Waals surface area contributed by atoms with Crippen LogP contribution in [0.3, 0.4) is 0 Å². The second-order valence-corrected chi connectivity index (χ2v) is 8.54. The van der Waals surface area contributed by atoms with Crippen LogP contribution in [0.15, 0.2) is 65.4 Å². The van der Waals surface area contributed by atoms with Gasteiger partial charge in [-0.1, -0.05) is 29.5 Å². The first-order chi connectivity index (χ1) is 18.7. The molecule has 0 aliphatic rings. The second kappa shape index (κ2) is 12.8. The van der Waals surface area contributed by atoms with E-state index in [1.54, 1.807) is 18.3 Å². The third-order valence-electron chi connectivity index (χ3n) is 5.54. The molecule has 0 saturated heterocycles. The summed E-state index contributed by atoms with van der Waals surface area (Å²) in [5, 5.41) is 16.5. The molecule has 0 spiro atoms. The number of benzene rings is 2. The van der Waals surface area contributed by atoms with Gasteiger partial charge in [0.25, 0.3) is 0 Å². The Morgan fingerprint density at radius 2 is 1.72 bits per heavy atom. The number of alkyl halides is 3. The zero-order valence-electron chi connectivity index (χ0n) is 20.7. The number of rotatable bonds is 13. The molecule has 0 fully saturated rings. The predicted octanol–water partition coefficient (Wildman–Crippen LogP) is 5.56. The first kappa shape index (κ1) is 27.4. The zero-order chi connectivity index (χ0) is 27.7. The number of aryl methyl sites for hydroxylation is 2. The summed E-state index contributed by atoms with van der Waals surface area (Å²) in [6, 6.07) is 13.2. The fraction of sp³-hybridized carbons (Fsp3) is 0.259. The molecular weight excluding hydrogens is 517 g/mol. The summed E-state index contributed by atoms with van der Waals surface area (Å²) < 4.78 is 53.2. The molecule has 4 rings (SSSR count). The number of aliphatic carboxylic acids is 1. The molecule has 0 aliphatic carbocycles. The monoisotopic (exact) mass is 542 g/mol. The van der Waals surface area contributed by atoms with Gasteiger partial charge in [-0.2, -0.15) is 0 Å². The Morgan fingerprint density at radius 1 is 1.00 bits per heavy atom. The van der Waals surface area contributed by atoms with Crippen LogP contribution in [0.2, 0.25) is 0 Å². The van der Waals surface area contributed by atoms with Crippen molar-refractivity contribution in [2.24, 2.45) is 0 Å². The van der Waals surface area contributed by atoms with Gasteiger partial charge in [0.05, 0.1) is 11.9 Å². The number of halogens is 3. The topological polar surface area (TPSA) is 112 Å². The minimum absolute atomic E-state index is 0.190. The summed E-state index contributed by atoms with van der Waals surface area (Å²) >= 11 is 0. The van der Waals surface area contributed by atoms with E-state index in [0.717, 1.165) is 30.5 Å². The number of aromatic nitrogens is 4. The van der Waals surface area contributed by atoms with Crippen molar-refractivity contribution in [2.45, 2.75) is 45.2 Å². The molecule has 12 heteroatoms. The molecule has 0 bridgehead atoms. The van der Waals surface area contributed by atoms with Crippen LogP contribution < -0.4 is 9.47 Å². The molecule has 2 heterocycles. The third-order valence-corrected chi connectivity index (χ3v) is 5.54. The van der Waals surface area contributed by atoms with E-state index in [0.29, 0.717) is 29.3 Å². The van der Waals surface area contributed by atoms with Crippen molar-refractivity contribution < 1.29 is 37.0 Å². The van der Waals surface area contributed by atoms with Crippen LogP contribution >= 0.6 is 0 Å². The van der Waals surface area contributed by atoms with Crippen molar-refractivity contribution in [3.63, 3.8) is 0 Å². The molecule has 9 nitrogen and oxygen atoms in total. The Kier molecular flexibility index (Phi) is 8.97. The second-order valence-electron chi connectivity index (χ2n) is 8.54. The van der Waals surface area contributed by atoms with Crippen LogP contribution in [-0.2, 0) is 30.8 Å². The SMILES string of the molecule is O=C(O)Cn1nncc1CCCCc1ccc(OCc2coc(C=Cc3ccc(OC(F)(F)F)cc3)n2)cc1. The number of carboxylic acids is 1. The molecule has 2 aromatic heterocycles. The van der Waals surface area contributed by atoms with Gasteiger partial charge in [-0.15, -0.1) is 18.3 Å². The lowest BCUT2D eigenvalue weighted by Gasteiger charge is -2.08. The van der Waals surface area contributed by atoms with Gasteiger partial charge in [0, 0.05) is 6.08 Å². The summed E-state index contributed by atoms with van der Waals surface area (Å²) in [4.78, 5) is 15.2. The molecule has 0 saturated carbocycles. The molecule has 39 heavy (non-hydrogen) atoms. The number of carbonyl (C=O) groups is 1. The number of oxazole rings is 1. The van der Waals surface area contributed by atoms with Crippen LogP contribution in [0.4, 0.5) is 13.2 Å². The molecule has 1 N–H and O–H groups in total. The van der Waals surface area contributed by atoms with Gasteiger partial charge >= 0.3 is 12.3 Å². The van der Waals surface area contributed by atoms with Gasteiger partial charge in [-0.05, 0) is 67.2 Å². The fourth-order valence-corrected chi connectivity index (χ4v) is 3.69. The van der Waals surface area contributed by atoms with Crippen LogP contribution in [0, 0.1) is 0 Å². The summed E-state index contributed by atoms with van der Waals surface area (Å²) in [5.74, 6) is -0.222. The van der Waals surface area contributed by atoms with Crippen molar-refractivity contribution in [2.75, 3.05) is 0 Å². The predicted molar refractivity (Wildman–Crippen MR) is 134 cm³/mol. The van der Waals surface area contributed by atoms with Gasteiger partial charge in [-0.3, -0.25) is 4.79 Å². The Hall–Kier alpha value is -4.61. The molecule has 0 amide bonds. The maximum absolute atomic E-state index is 12.3. The van der Waals surface area contributed by atoms with E-state index in [-0.39, 0.29) is 18.9 Å². The van der Waals surface area contributed by atoms with Crippen LogP contribution in [0.5, 0.6) is 11.5 Å². The molecule has 0 radical (unpaired) electrons. The van der Waals surface area contributed by atoms with E-state index >= 15 is 0 Å². The lowest BCUT2D eigenvalue weighted by Crippen LogP contribution is -2.16. The van der Waals surface area contributed by atoms with E-state index in [4.69, 9.17) is 14.3 Å². The van der Waals surface area contributed by atoms with E-state index in [1.807, 2.05) is 24.3 Å². The number of carboxylic acid groups (broad SMARTS) is 1.